The van der Waals surface area contributed by atoms with E-state index in [1.165, 1.54) is 17.8 Å². The summed E-state index contributed by atoms with van der Waals surface area (Å²) in [6, 6.07) is 13.1. The summed E-state index contributed by atoms with van der Waals surface area (Å²) >= 11 is 1.52. The van der Waals surface area contributed by atoms with Gasteiger partial charge in [0.1, 0.15) is 11.3 Å². The fourth-order valence-electron chi connectivity index (χ4n) is 4.69. The molecule has 6 rings (SSSR count). The summed E-state index contributed by atoms with van der Waals surface area (Å²) in [5.74, 6) is 1.40. The van der Waals surface area contributed by atoms with Crippen molar-refractivity contribution in [2.45, 2.75) is 43.3 Å². The third-order valence-corrected chi connectivity index (χ3v) is 7.55. The number of nitrogens with one attached hydrogen (secondary N) is 1. The van der Waals surface area contributed by atoms with Crippen LogP contribution in [0.2, 0.25) is 0 Å². The van der Waals surface area contributed by atoms with E-state index in [4.69, 9.17) is 9.15 Å². The number of thioether (sulfide) groups is 1. The molecule has 0 spiro atoms. The number of para-hydroxylation sites is 1. The molecule has 3 aromatic heterocycles. The Morgan fingerprint density at radius 1 is 1.20 bits per heavy atom. The van der Waals surface area contributed by atoms with Gasteiger partial charge in [0.2, 0.25) is 0 Å². The molecule has 5 aromatic rings. The number of fused-ring (bicyclic) bond motifs is 2. The van der Waals surface area contributed by atoms with Crippen molar-refractivity contribution >= 4 is 33.6 Å². The minimum Gasteiger partial charge on any atom is -0.508 e. The number of aromatic nitrogens is 4. The molecule has 0 amide bonds. The first kappa shape index (κ1) is 21.9. The van der Waals surface area contributed by atoms with Crippen molar-refractivity contribution in [1.82, 2.24) is 19.7 Å². The number of phenolic OH excluding ortho intramolecular Hbond substituents is 1. The van der Waals surface area contributed by atoms with Crippen molar-refractivity contribution in [3.05, 3.63) is 70.2 Å². The number of rotatable bonds is 6. The van der Waals surface area contributed by atoms with E-state index in [2.05, 4.69) is 25.8 Å². The van der Waals surface area contributed by atoms with Crippen molar-refractivity contribution in [2.24, 2.45) is 0 Å². The molecule has 0 bridgehead atoms. The summed E-state index contributed by atoms with van der Waals surface area (Å²) in [6.07, 6.45) is 4.14. The van der Waals surface area contributed by atoms with Crippen molar-refractivity contribution in [3.63, 3.8) is 0 Å². The SMILES string of the molecule is Cc1c(O)ccc2c(CSc3nnc(-c4c[nH]c5ccccc45)n3C[C@H]3CCCO3)cc(=O)oc12. The minimum atomic E-state index is -0.442. The number of hydrogen-bond donors (Lipinski definition) is 2. The van der Waals surface area contributed by atoms with Gasteiger partial charge in [-0.15, -0.1) is 10.2 Å². The lowest BCUT2D eigenvalue weighted by atomic mass is 10.1. The number of phenols is 1. The van der Waals surface area contributed by atoms with Gasteiger partial charge >= 0.3 is 5.63 Å². The van der Waals surface area contributed by atoms with Gasteiger partial charge in [-0.25, -0.2) is 4.79 Å². The lowest BCUT2D eigenvalue weighted by molar-refractivity contribution is 0.0953. The molecule has 178 valence electrons. The summed E-state index contributed by atoms with van der Waals surface area (Å²) < 4.78 is 13.5. The van der Waals surface area contributed by atoms with Crippen LogP contribution >= 0.6 is 11.8 Å². The first-order chi connectivity index (χ1) is 17.1. The van der Waals surface area contributed by atoms with E-state index in [0.29, 0.717) is 23.4 Å². The maximum atomic E-state index is 12.2. The van der Waals surface area contributed by atoms with Gasteiger partial charge < -0.3 is 19.2 Å². The number of aryl methyl sites for hydroxylation is 1. The van der Waals surface area contributed by atoms with Crippen LogP contribution in [0.3, 0.4) is 0 Å². The van der Waals surface area contributed by atoms with Gasteiger partial charge in [0.15, 0.2) is 11.0 Å². The molecule has 1 atom stereocenters. The highest BCUT2D eigenvalue weighted by molar-refractivity contribution is 7.98. The molecular formula is C26H24N4O4S. The zero-order valence-electron chi connectivity index (χ0n) is 19.2. The Morgan fingerprint density at radius 2 is 2.09 bits per heavy atom. The maximum Gasteiger partial charge on any atom is 0.336 e. The van der Waals surface area contributed by atoms with Crippen molar-refractivity contribution in [3.8, 4) is 17.1 Å². The van der Waals surface area contributed by atoms with Gasteiger partial charge in [-0.2, -0.15) is 0 Å². The zero-order valence-corrected chi connectivity index (χ0v) is 20.0. The lowest BCUT2D eigenvalue weighted by Crippen LogP contribution is -2.16. The fourth-order valence-corrected chi connectivity index (χ4v) is 5.62. The quantitative estimate of drug-likeness (QED) is 0.255. The highest BCUT2D eigenvalue weighted by atomic mass is 32.2. The molecule has 1 fully saturated rings. The van der Waals surface area contributed by atoms with Crippen LogP contribution in [-0.4, -0.2) is 37.6 Å². The molecular weight excluding hydrogens is 464 g/mol. The van der Waals surface area contributed by atoms with Gasteiger partial charge in [0.25, 0.3) is 0 Å². The molecule has 0 saturated carbocycles. The number of benzene rings is 2. The summed E-state index contributed by atoms with van der Waals surface area (Å²) in [7, 11) is 0. The van der Waals surface area contributed by atoms with E-state index in [-0.39, 0.29) is 11.9 Å². The Labute approximate surface area is 204 Å². The second-order valence-electron chi connectivity index (χ2n) is 8.77. The Bertz CT molecular complexity index is 1600. The Morgan fingerprint density at radius 3 is 2.94 bits per heavy atom. The standard InChI is InChI=1S/C26H24N4O4S/c1-15-22(31)9-8-18-16(11-23(32)34-24(15)18)14-35-26-29-28-25(30(26)13-17-5-4-10-33-17)20-12-27-21-7-3-2-6-19(20)21/h2-3,6-9,11-12,17,27,31H,4-5,10,13-14H2,1H3/t17-/m1/s1. The van der Waals surface area contributed by atoms with Crippen LogP contribution < -0.4 is 5.63 Å². The highest BCUT2D eigenvalue weighted by Gasteiger charge is 2.23. The number of nitrogens with zero attached hydrogens (tertiary/aromatic N) is 3. The monoisotopic (exact) mass is 488 g/mol. The van der Waals surface area contributed by atoms with Crippen LogP contribution in [0.4, 0.5) is 0 Å². The molecule has 1 aliphatic heterocycles. The third kappa shape index (κ3) is 4.00. The first-order valence-corrected chi connectivity index (χ1v) is 12.6. The molecule has 0 radical (unpaired) electrons. The summed E-state index contributed by atoms with van der Waals surface area (Å²) in [4.78, 5) is 15.6. The topological polar surface area (TPSA) is 106 Å². The van der Waals surface area contributed by atoms with E-state index in [1.54, 1.807) is 19.1 Å². The number of H-pyrrole nitrogens is 1. The smallest absolute Gasteiger partial charge is 0.336 e. The number of aromatic amines is 1. The van der Waals surface area contributed by atoms with E-state index < -0.39 is 5.63 Å². The molecule has 2 N–H and O–H groups in total. The maximum absolute atomic E-state index is 12.2. The molecule has 8 nitrogen and oxygen atoms in total. The Kier molecular flexibility index (Phi) is 5.58. The largest absolute Gasteiger partial charge is 0.508 e. The summed E-state index contributed by atoms with van der Waals surface area (Å²) in [5.41, 5.74) is 3.38. The van der Waals surface area contributed by atoms with Gasteiger partial charge in [-0.05, 0) is 43.5 Å². The lowest BCUT2D eigenvalue weighted by Gasteiger charge is -2.15. The van der Waals surface area contributed by atoms with Gasteiger partial charge in [0, 0.05) is 52.0 Å². The van der Waals surface area contributed by atoms with Crippen LogP contribution in [0.5, 0.6) is 5.75 Å². The second kappa shape index (κ2) is 8.90. The Balaban J connectivity index is 1.38. The van der Waals surface area contributed by atoms with Crippen LogP contribution in [0.1, 0.15) is 24.0 Å². The molecule has 1 aliphatic rings. The normalized spacial score (nSPS) is 16.0. The molecule has 4 heterocycles. The van der Waals surface area contributed by atoms with Crippen molar-refractivity contribution in [1.29, 1.82) is 0 Å². The molecule has 0 aliphatic carbocycles. The molecule has 35 heavy (non-hydrogen) atoms. The van der Waals surface area contributed by atoms with Gasteiger partial charge in [0.05, 0.1) is 12.6 Å². The number of ether oxygens (including phenoxy) is 1. The fraction of sp³-hybridized carbons (Fsp3) is 0.269. The second-order valence-corrected chi connectivity index (χ2v) is 9.71. The average Bonchev–Trinajstić information content (AvgIpc) is 3.61. The van der Waals surface area contributed by atoms with Gasteiger partial charge in [-0.3, -0.25) is 4.57 Å². The average molecular weight is 489 g/mol. The van der Waals surface area contributed by atoms with Crippen LogP contribution in [0.15, 0.2) is 63.0 Å². The van der Waals surface area contributed by atoms with Crippen LogP contribution in [0.25, 0.3) is 33.3 Å². The van der Waals surface area contributed by atoms with Crippen molar-refractivity contribution in [2.75, 3.05) is 6.61 Å². The predicted octanol–water partition coefficient (Wildman–Crippen LogP) is 5.02. The summed E-state index contributed by atoms with van der Waals surface area (Å²) in [5, 5.41) is 21.8. The third-order valence-electron chi connectivity index (χ3n) is 6.53. The first-order valence-electron chi connectivity index (χ1n) is 11.6. The number of aromatic hydroxyl groups is 1. The van der Waals surface area contributed by atoms with E-state index in [9.17, 15) is 9.90 Å². The van der Waals surface area contributed by atoms with E-state index >= 15 is 0 Å². The van der Waals surface area contributed by atoms with Crippen molar-refractivity contribution < 1.29 is 14.3 Å². The highest BCUT2D eigenvalue weighted by Crippen LogP contribution is 2.34. The predicted molar refractivity (Wildman–Crippen MR) is 135 cm³/mol. The van der Waals surface area contributed by atoms with Crippen LogP contribution in [0, 0.1) is 6.92 Å². The zero-order chi connectivity index (χ0) is 23.9. The van der Waals surface area contributed by atoms with Crippen LogP contribution in [-0.2, 0) is 17.0 Å². The molecule has 2 aromatic carbocycles. The Hall–Kier alpha value is -3.56. The van der Waals surface area contributed by atoms with Gasteiger partial charge in [-0.1, -0.05) is 30.0 Å². The summed E-state index contributed by atoms with van der Waals surface area (Å²) in [6.45, 7) is 3.17. The molecule has 0 unspecified atom stereocenters. The number of hydrogen-bond acceptors (Lipinski definition) is 7. The molecule has 9 heteroatoms. The molecule has 1 saturated heterocycles. The van der Waals surface area contributed by atoms with E-state index in [1.807, 2.05) is 24.4 Å². The van der Waals surface area contributed by atoms with E-state index in [0.717, 1.165) is 57.8 Å². The minimum absolute atomic E-state index is 0.102.